The summed E-state index contributed by atoms with van der Waals surface area (Å²) < 4.78 is 36.0. The normalized spacial score (nSPS) is 14.7. The monoisotopic (exact) mass is 686 g/mol. The molecule has 13 heteroatoms. The van der Waals surface area contributed by atoms with Gasteiger partial charge in [0.1, 0.15) is 31.3 Å². The molecule has 2 fully saturated rings. The summed E-state index contributed by atoms with van der Waals surface area (Å²) in [5.74, 6) is -1.04. The van der Waals surface area contributed by atoms with Gasteiger partial charge in [-0.05, 0) is 61.4 Å². The standard InChI is InChI=1S/C18H22O6.C13H16O4.C5H8O3/c1-3-16(19)22-9-10-23-17(20)14-5-7-15(8-6-14)24-13-18(4-2)11-21-12-18;1-2-13(7-16-8-13)9-17-11-5-3-10(4-6-11)12(14)15;1-2-5(7)8-4-3-6/h3,5-8H,1,4,9-13H2,2H3;3-6H,2,7-9H2,1H3,(H,14,15);2,6H,1,3-4H2. The second-order valence-electron chi connectivity index (χ2n) is 11.2. The van der Waals surface area contributed by atoms with E-state index in [0.717, 1.165) is 51.4 Å². The van der Waals surface area contributed by atoms with E-state index in [4.69, 9.17) is 38.6 Å². The summed E-state index contributed by atoms with van der Waals surface area (Å²) >= 11 is 0. The predicted octanol–water partition coefficient (Wildman–Crippen LogP) is 4.28. The molecule has 0 atom stereocenters. The third-order valence-electron chi connectivity index (χ3n) is 7.64. The van der Waals surface area contributed by atoms with Crippen LogP contribution in [0.15, 0.2) is 73.8 Å². The van der Waals surface area contributed by atoms with Gasteiger partial charge in [0.05, 0.1) is 68.2 Å². The Morgan fingerprint density at radius 1 is 0.694 bits per heavy atom. The fourth-order valence-electron chi connectivity index (χ4n) is 4.04. The molecular weight excluding hydrogens is 640 g/mol. The number of esters is 3. The van der Waals surface area contributed by atoms with Crippen molar-refractivity contribution in [3.8, 4) is 11.5 Å². The summed E-state index contributed by atoms with van der Waals surface area (Å²) in [6, 6.07) is 13.2. The van der Waals surface area contributed by atoms with Crippen LogP contribution in [-0.2, 0) is 33.3 Å². The molecule has 0 radical (unpaired) electrons. The molecule has 268 valence electrons. The maximum atomic E-state index is 11.8. The quantitative estimate of drug-likeness (QED) is 0.105. The predicted molar refractivity (Wildman–Crippen MR) is 178 cm³/mol. The third kappa shape index (κ3) is 14.1. The molecule has 2 heterocycles. The van der Waals surface area contributed by atoms with Crippen molar-refractivity contribution in [1.29, 1.82) is 0 Å². The second-order valence-corrected chi connectivity index (χ2v) is 11.2. The van der Waals surface area contributed by atoms with Crippen LogP contribution in [0.4, 0.5) is 0 Å². The van der Waals surface area contributed by atoms with E-state index in [2.05, 4.69) is 31.7 Å². The van der Waals surface area contributed by atoms with Crippen molar-refractivity contribution in [1.82, 2.24) is 0 Å². The number of hydrogen-bond donors (Lipinski definition) is 2. The van der Waals surface area contributed by atoms with Crippen LogP contribution < -0.4 is 9.47 Å². The van der Waals surface area contributed by atoms with Crippen molar-refractivity contribution in [2.45, 2.75) is 26.7 Å². The van der Waals surface area contributed by atoms with Gasteiger partial charge in [0.15, 0.2) is 0 Å². The van der Waals surface area contributed by atoms with Crippen molar-refractivity contribution >= 4 is 23.9 Å². The molecule has 13 nitrogen and oxygen atoms in total. The molecule has 2 aromatic carbocycles. The van der Waals surface area contributed by atoms with Gasteiger partial charge in [0.2, 0.25) is 0 Å². The highest BCUT2D eigenvalue weighted by Gasteiger charge is 2.38. The van der Waals surface area contributed by atoms with E-state index in [0.29, 0.717) is 30.3 Å². The minimum atomic E-state index is -0.922. The van der Waals surface area contributed by atoms with E-state index in [1.165, 1.54) is 0 Å². The molecule has 2 N–H and O–H groups in total. The van der Waals surface area contributed by atoms with Crippen LogP contribution in [0.3, 0.4) is 0 Å². The van der Waals surface area contributed by atoms with Gasteiger partial charge in [-0.15, -0.1) is 0 Å². The van der Waals surface area contributed by atoms with Gasteiger partial charge in [-0.3, -0.25) is 0 Å². The van der Waals surface area contributed by atoms with Crippen molar-refractivity contribution in [3.63, 3.8) is 0 Å². The van der Waals surface area contributed by atoms with Crippen LogP contribution >= 0.6 is 0 Å². The highest BCUT2D eigenvalue weighted by Crippen LogP contribution is 2.33. The van der Waals surface area contributed by atoms with Crippen LogP contribution in [0.5, 0.6) is 11.5 Å². The van der Waals surface area contributed by atoms with Gasteiger partial charge in [-0.2, -0.15) is 0 Å². The van der Waals surface area contributed by atoms with Gasteiger partial charge in [-0.1, -0.05) is 27.0 Å². The molecule has 2 aromatic rings. The lowest BCUT2D eigenvalue weighted by Crippen LogP contribution is -2.46. The first-order valence-electron chi connectivity index (χ1n) is 15.8. The maximum Gasteiger partial charge on any atom is 0.338 e. The van der Waals surface area contributed by atoms with Gasteiger partial charge >= 0.3 is 23.9 Å². The summed E-state index contributed by atoms with van der Waals surface area (Å²) in [7, 11) is 0. The summed E-state index contributed by atoms with van der Waals surface area (Å²) in [6.45, 7) is 14.7. The topological polar surface area (TPSA) is 173 Å². The number of aliphatic hydroxyl groups is 1. The molecule has 0 aromatic heterocycles. The van der Waals surface area contributed by atoms with E-state index < -0.39 is 23.9 Å². The molecule has 0 bridgehead atoms. The summed E-state index contributed by atoms with van der Waals surface area (Å²) in [5.41, 5.74) is 0.940. The molecule has 0 amide bonds. The van der Waals surface area contributed by atoms with Crippen LogP contribution in [0.2, 0.25) is 0 Å². The Balaban J connectivity index is 0.000000289. The number of carboxylic acids is 1. The lowest BCUT2D eigenvalue weighted by Gasteiger charge is -2.40. The van der Waals surface area contributed by atoms with Crippen molar-refractivity contribution in [2.24, 2.45) is 10.8 Å². The maximum absolute atomic E-state index is 11.8. The smallest absolute Gasteiger partial charge is 0.338 e. The average molecular weight is 687 g/mol. The molecule has 0 unspecified atom stereocenters. The summed E-state index contributed by atoms with van der Waals surface area (Å²) in [4.78, 5) is 43.5. The van der Waals surface area contributed by atoms with Gasteiger partial charge in [-0.25, -0.2) is 19.2 Å². The lowest BCUT2D eigenvalue weighted by atomic mass is 9.84. The van der Waals surface area contributed by atoms with E-state index in [1.807, 2.05) is 0 Å². The Bertz CT molecular complexity index is 1330. The van der Waals surface area contributed by atoms with E-state index in [1.54, 1.807) is 48.5 Å². The zero-order chi connectivity index (χ0) is 36.1. The molecule has 2 aliphatic heterocycles. The molecule has 49 heavy (non-hydrogen) atoms. The lowest BCUT2D eigenvalue weighted by molar-refractivity contribution is -0.139. The molecule has 2 saturated heterocycles. The van der Waals surface area contributed by atoms with Gasteiger partial charge in [0.25, 0.3) is 0 Å². The summed E-state index contributed by atoms with van der Waals surface area (Å²) in [6.07, 6.45) is 4.14. The Morgan fingerprint density at radius 3 is 1.45 bits per heavy atom. The number of carbonyl (C=O) groups is 4. The number of rotatable bonds is 17. The van der Waals surface area contributed by atoms with Crippen molar-refractivity contribution < 1.29 is 62.5 Å². The largest absolute Gasteiger partial charge is 0.493 e. The zero-order valence-corrected chi connectivity index (χ0v) is 28.1. The minimum Gasteiger partial charge on any atom is -0.493 e. The van der Waals surface area contributed by atoms with Crippen LogP contribution in [-0.4, -0.2) is 100 Å². The average Bonchev–Trinajstić information content (AvgIpc) is 3.09. The number of carboxylic acid groups (broad SMARTS) is 1. The Morgan fingerprint density at radius 2 is 1.10 bits per heavy atom. The van der Waals surface area contributed by atoms with Crippen molar-refractivity contribution in [3.05, 3.63) is 85.0 Å². The molecule has 0 aliphatic carbocycles. The van der Waals surface area contributed by atoms with Gasteiger partial charge < -0.3 is 43.4 Å². The number of aromatic carboxylic acids is 1. The van der Waals surface area contributed by atoms with E-state index >= 15 is 0 Å². The van der Waals surface area contributed by atoms with E-state index in [9.17, 15) is 19.2 Å². The van der Waals surface area contributed by atoms with E-state index in [-0.39, 0.29) is 42.8 Å². The minimum absolute atomic E-state index is 0.00103. The fourth-order valence-corrected chi connectivity index (χ4v) is 4.04. The number of aliphatic hydroxyl groups excluding tert-OH is 1. The molecule has 4 rings (SSSR count). The summed E-state index contributed by atoms with van der Waals surface area (Å²) in [5, 5.41) is 16.9. The fraction of sp³-hybridized carbons (Fsp3) is 0.444. The number of ether oxygens (including phenoxy) is 7. The van der Waals surface area contributed by atoms with Crippen LogP contribution in [0, 0.1) is 10.8 Å². The third-order valence-corrected chi connectivity index (χ3v) is 7.64. The first kappa shape index (κ1) is 40.5. The first-order chi connectivity index (χ1) is 23.5. The van der Waals surface area contributed by atoms with Crippen LogP contribution in [0.25, 0.3) is 0 Å². The molecular formula is C36H46O13. The SMILES string of the molecule is C=CC(=O)OCCO.C=CC(=O)OCCOC(=O)c1ccc(OCC2(CC)COC2)cc1.CCC1(COc2ccc(C(=O)O)cc2)COC1. The zero-order valence-electron chi connectivity index (χ0n) is 28.1. The van der Waals surface area contributed by atoms with Crippen molar-refractivity contribution in [2.75, 3.05) is 66.1 Å². The first-order valence-corrected chi connectivity index (χ1v) is 15.8. The molecule has 2 aliphatic rings. The molecule has 0 spiro atoms. The van der Waals surface area contributed by atoms with Gasteiger partial charge in [0, 0.05) is 12.2 Å². The number of benzene rings is 2. The Kier molecular flexibility index (Phi) is 17.6. The Labute approximate surface area is 286 Å². The number of carbonyl (C=O) groups excluding carboxylic acids is 3. The highest BCUT2D eigenvalue weighted by molar-refractivity contribution is 5.89. The molecule has 0 saturated carbocycles. The highest BCUT2D eigenvalue weighted by atomic mass is 16.6. The number of hydrogen-bond acceptors (Lipinski definition) is 12. The van der Waals surface area contributed by atoms with Crippen LogP contribution in [0.1, 0.15) is 47.4 Å². The Hall–Kier alpha value is -4.72. The second kappa shape index (κ2) is 21.3.